The zero-order valence-electron chi connectivity index (χ0n) is 16.0. The fraction of sp³-hybridized carbons (Fsp3) is 0.435. The third-order valence-corrected chi connectivity index (χ3v) is 5.63. The molecule has 1 heterocycles. The number of hydrogen-bond donors (Lipinski definition) is 1. The highest BCUT2D eigenvalue weighted by Gasteiger charge is 2.25. The molecule has 144 valence electrons. The first kappa shape index (κ1) is 19.9. The van der Waals surface area contributed by atoms with E-state index < -0.39 is 0 Å². The van der Waals surface area contributed by atoms with Crippen LogP contribution in [0, 0.1) is 5.92 Å². The molecule has 2 aromatic carbocycles. The number of carbonyl (C=O) groups is 1. The Morgan fingerprint density at radius 2 is 1.74 bits per heavy atom. The molecule has 4 heteroatoms. The number of aryl methyl sites for hydroxylation is 1. The van der Waals surface area contributed by atoms with E-state index in [-0.39, 0.29) is 17.9 Å². The van der Waals surface area contributed by atoms with Crippen LogP contribution in [0.25, 0.3) is 0 Å². The Morgan fingerprint density at radius 1 is 1.07 bits per heavy atom. The summed E-state index contributed by atoms with van der Waals surface area (Å²) in [6, 6.07) is 18.7. The van der Waals surface area contributed by atoms with Crippen molar-refractivity contribution in [2.45, 2.75) is 45.2 Å². The largest absolute Gasteiger partial charge is 0.353 e. The molecule has 0 aromatic heterocycles. The fourth-order valence-electron chi connectivity index (χ4n) is 3.66. The first-order chi connectivity index (χ1) is 13.1. The van der Waals surface area contributed by atoms with Crippen LogP contribution in [0.1, 0.15) is 37.3 Å². The van der Waals surface area contributed by atoms with E-state index in [0.717, 1.165) is 50.3 Å². The highest BCUT2D eigenvalue weighted by Crippen LogP contribution is 2.20. The van der Waals surface area contributed by atoms with Gasteiger partial charge in [0.15, 0.2) is 0 Å². The highest BCUT2D eigenvalue weighted by atomic mass is 35.5. The molecule has 3 nitrogen and oxygen atoms in total. The summed E-state index contributed by atoms with van der Waals surface area (Å²) in [4.78, 5) is 15.0. The average molecular weight is 385 g/mol. The second-order valence-electron chi connectivity index (χ2n) is 7.61. The summed E-state index contributed by atoms with van der Waals surface area (Å²) >= 11 is 5.95. The van der Waals surface area contributed by atoms with Crippen LogP contribution in [0.4, 0.5) is 0 Å². The van der Waals surface area contributed by atoms with Gasteiger partial charge in [0, 0.05) is 23.5 Å². The van der Waals surface area contributed by atoms with Gasteiger partial charge in [0.05, 0.1) is 0 Å². The van der Waals surface area contributed by atoms with Crippen LogP contribution in [0.5, 0.6) is 0 Å². The minimum Gasteiger partial charge on any atom is -0.353 e. The van der Waals surface area contributed by atoms with Crippen LogP contribution >= 0.6 is 11.6 Å². The van der Waals surface area contributed by atoms with E-state index in [9.17, 15) is 4.79 Å². The van der Waals surface area contributed by atoms with Crippen molar-refractivity contribution in [2.75, 3.05) is 13.1 Å². The number of carbonyl (C=O) groups excluding carboxylic acids is 1. The molecular weight excluding hydrogens is 356 g/mol. The molecule has 0 spiro atoms. The summed E-state index contributed by atoms with van der Waals surface area (Å²) < 4.78 is 0. The maximum absolute atomic E-state index is 12.6. The molecule has 1 saturated heterocycles. The van der Waals surface area contributed by atoms with Gasteiger partial charge in [0.1, 0.15) is 0 Å². The fourth-order valence-corrected chi connectivity index (χ4v) is 3.79. The van der Waals surface area contributed by atoms with E-state index in [1.807, 2.05) is 18.2 Å². The van der Waals surface area contributed by atoms with Crippen molar-refractivity contribution in [2.24, 2.45) is 5.92 Å². The van der Waals surface area contributed by atoms with Gasteiger partial charge in [-0.25, -0.2) is 0 Å². The van der Waals surface area contributed by atoms with Gasteiger partial charge in [0.25, 0.3) is 0 Å². The van der Waals surface area contributed by atoms with Crippen molar-refractivity contribution in [3.8, 4) is 0 Å². The predicted octanol–water partition coefficient (Wildman–Crippen LogP) is 4.69. The van der Waals surface area contributed by atoms with E-state index >= 15 is 0 Å². The number of hydrogen-bond acceptors (Lipinski definition) is 2. The molecule has 2 aromatic rings. The van der Waals surface area contributed by atoms with E-state index in [0.29, 0.717) is 0 Å². The lowest BCUT2D eigenvalue weighted by Gasteiger charge is -2.32. The topological polar surface area (TPSA) is 32.3 Å². The third kappa shape index (κ3) is 6.37. The zero-order chi connectivity index (χ0) is 19.1. The number of halogens is 1. The molecule has 0 bridgehead atoms. The van der Waals surface area contributed by atoms with E-state index in [4.69, 9.17) is 11.6 Å². The molecular formula is C23H29ClN2O. The lowest BCUT2D eigenvalue weighted by molar-refractivity contribution is -0.127. The molecule has 0 radical (unpaired) electrons. The lowest BCUT2D eigenvalue weighted by atomic mass is 9.95. The predicted molar refractivity (Wildman–Crippen MR) is 112 cm³/mol. The summed E-state index contributed by atoms with van der Waals surface area (Å²) in [6.07, 6.45) is 3.85. The number of piperidine rings is 1. The minimum absolute atomic E-state index is 0.144. The number of likely N-dealkylation sites (tertiary alicyclic amines) is 1. The Hall–Kier alpha value is -1.84. The number of nitrogens with one attached hydrogen (secondary N) is 1. The molecule has 1 aliphatic rings. The maximum Gasteiger partial charge on any atom is 0.223 e. The summed E-state index contributed by atoms with van der Waals surface area (Å²) in [5.41, 5.74) is 2.60. The molecule has 0 unspecified atom stereocenters. The second kappa shape index (κ2) is 9.91. The van der Waals surface area contributed by atoms with Gasteiger partial charge in [-0.05, 0) is 69.0 Å². The highest BCUT2D eigenvalue weighted by molar-refractivity contribution is 6.30. The van der Waals surface area contributed by atoms with Crippen molar-refractivity contribution >= 4 is 17.5 Å². The van der Waals surface area contributed by atoms with Crippen molar-refractivity contribution < 1.29 is 4.79 Å². The molecule has 0 aliphatic carbocycles. The molecule has 27 heavy (non-hydrogen) atoms. The Bertz CT molecular complexity index is 709. The molecule has 0 saturated carbocycles. The third-order valence-electron chi connectivity index (χ3n) is 5.38. The van der Waals surface area contributed by atoms with E-state index in [2.05, 4.69) is 53.5 Å². The van der Waals surface area contributed by atoms with Crippen LogP contribution in [0.3, 0.4) is 0 Å². The molecule has 1 atom stereocenters. The number of benzene rings is 2. The quantitative estimate of drug-likeness (QED) is 0.751. The van der Waals surface area contributed by atoms with E-state index in [1.165, 1.54) is 11.1 Å². The van der Waals surface area contributed by atoms with Crippen molar-refractivity contribution in [1.82, 2.24) is 10.2 Å². The van der Waals surface area contributed by atoms with Gasteiger partial charge in [-0.15, -0.1) is 0 Å². The van der Waals surface area contributed by atoms with Gasteiger partial charge in [0.2, 0.25) is 5.91 Å². The molecule has 3 rings (SSSR count). The van der Waals surface area contributed by atoms with Crippen molar-refractivity contribution in [1.29, 1.82) is 0 Å². The first-order valence-corrected chi connectivity index (χ1v) is 10.3. The minimum atomic E-state index is 0.144. The second-order valence-corrected chi connectivity index (χ2v) is 8.05. The van der Waals surface area contributed by atoms with Crippen LogP contribution in [0.2, 0.25) is 5.02 Å². The summed E-state index contributed by atoms with van der Waals surface area (Å²) in [5, 5.41) is 3.99. The number of nitrogens with zero attached hydrogens (tertiary/aromatic N) is 1. The first-order valence-electron chi connectivity index (χ1n) is 9.91. The van der Waals surface area contributed by atoms with Gasteiger partial charge < -0.3 is 5.32 Å². The maximum atomic E-state index is 12.6. The van der Waals surface area contributed by atoms with E-state index in [1.54, 1.807) is 0 Å². The number of rotatable bonds is 7. The SMILES string of the molecule is C[C@H](CCc1ccccc1)NC(=O)C1CCN(Cc2ccc(Cl)cc2)CC1. The monoisotopic (exact) mass is 384 g/mol. The van der Waals surface area contributed by atoms with Gasteiger partial charge in [-0.3, -0.25) is 9.69 Å². The van der Waals surface area contributed by atoms with Gasteiger partial charge >= 0.3 is 0 Å². The van der Waals surface area contributed by atoms with Crippen LogP contribution in [-0.2, 0) is 17.8 Å². The van der Waals surface area contributed by atoms with Crippen LogP contribution in [0.15, 0.2) is 54.6 Å². The summed E-state index contributed by atoms with van der Waals surface area (Å²) in [5.74, 6) is 0.368. The Labute approximate surface area is 167 Å². The Kier molecular flexibility index (Phi) is 7.31. The average Bonchev–Trinajstić information content (AvgIpc) is 2.69. The number of amides is 1. The lowest BCUT2D eigenvalue weighted by Crippen LogP contribution is -2.43. The van der Waals surface area contributed by atoms with Crippen molar-refractivity contribution in [3.63, 3.8) is 0 Å². The van der Waals surface area contributed by atoms with Gasteiger partial charge in [-0.1, -0.05) is 54.1 Å². The Morgan fingerprint density at radius 3 is 2.41 bits per heavy atom. The molecule has 1 aliphatic heterocycles. The summed E-state index contributed by atoms with van der Waals surface area (Å²) in [6.45, 7) is 4.98. The van der Waals surface area contributed by atoms with Crippen LogP contribution < -0.4 is 5.32 Å². The Balaban J connectivity index is 1.38. The van der Waals surface area contributed by atoms with Crippen molar-refractivity contribution in [3.05, 3.63) is 70.7 Å². The normalized spacial score (nSPS) is 16.8. The standard InChI is InChI=1S/C23H29ClN2O/c1-18(7-8-19-5-3-2-4-6-19)25-23(27)21-13-15-26(16-14-21)17-20-9-11-22(24)12-10-20/h2-6,9-12,18,21H,7-8,13-17H2,1H3,(H,25,27)/t18-/m1/s1. The molecule has 1 fully saturated rings. The summed E-state index contributed by atoms with van der Waals surface area (Å²) in [7, 11) is 0. The van der Waals surface area contributed by atoms with Gasteiger partial charge in [-0.2, -0.15) is 0 Å². The molecule has 1 amide bonds. The zero-order valence-corrected chi connectivity index (χ0v) is 16.8. The smallest absolute Gasteiger partial charge is 0.223 e. The molecule has 1 N–H and O–H groups in total. The van der Waals surface area contributed by atoms with Crippen LogP contribution in [-0.4, -0.2) is 29.9 Å².